The van der Waals surface area contributed by atoms with Gasteiger partial charge >= 0.3 is 0 Å². The van der Waals surface area contributed by atoms with Crippen LogP contribution < -0.4 is 10.2 Å². The summed E-state index contributed by atoms with van der Waals surface area (Å²) >= 11 is 0. The van der Waals surface area contributed by atoms with Gasteiger partial charge in [-0.05, 0) is 64.3 Å². The van der Waals surface area contributed by atoms with E-state index >= 15 is 0 Å². The van der Waals surface area contributed by atoms with Crippen LogP contribution in [-0.4, -0.2) is 66.4 Å². The minimum Gasteiger partial charge on any atom is -0.341 e. The number of nitrogens with zero attached hydrogens (tertiary/aromatic N) is 3. The van der Waals surface area contributed by atoms with E-state index in [1.165, 1.54) is 0 Å². The Balaban J connectivity index is 0.00000256. The van der Waals surface area contributed by atoms with E-state index in [0.29, 0.717) is 30.0 Å². The Labute approximate surface area is 184 Å². The van der Waals surface area contributed by atoms with Crippen molar-refractivity contribution in [1.29, 1.82) is 0 Å². The number of carbonyl (C=O) groups is 3. The highest BCUT2D eigenvalue weighted by Gasteiger charge is 2.53. The van der Waals surface area contributed by atoms with Gasteiger partial charge in [-0.1, -0.05) is 12.1 Å². The number of likely N-dealkylation sites (tertiary alicyclic amines) is 1. The van der Waals surface area contributed by atoms with Crippen LogP contribution in [0.5, 0.6) is 0 Å². The number of hydrogen-bond donors (Lipinski definition) is 1. The fourth-order valence-corrected chi connectivity index (χ4v) is 5.00. The molecule has 3 aliphatic rings. The van der Waals surface area contributed by atoms with Gasteiger partial charge in [0.1, 0.15) is 12.2 Å². The summed E-state index contributed by atoms with van der Waals surface area (Å²) in [6, 6.07) is 7.21. The van der Waals surface area contributed by atoms with Gasteiger partial charge in [0.2, 0.25) is 11.8 Å². The molecule has 1 N–H and O–H groups in total. The number of amides is 3. The first kappa shape index (κ1) is 22.6. The molecule has 0 radical (unpaired) electrons. The first-order valence-corrected chi connectivity index (χ1v) is 10.6. The fourth-order valence-electron chi connectivity index (χ4n) is 5.00. The van der Waals surface area contributed by atoms with Crippen LogP contribution in [0.1, 0.15) is 49.4 Å². The second kappa shape index (κ2) is 8.94. The van der Waals surface area contributed by atoms with Crippen molar-refractivity contribution >= 4 is 35.8 Å². The number of carbonyl (C=O) groups excluding carboxylic acids is 3. The van der Waals surface area contributed by atoms with Crippen LogP contribution in [0, 0.1) is 5.92 Å². The number of hydrogen-bond acceptors (Lipinski definition) is 4. The molecule has 0 aliphatic carbocycles. The molecule has 2 fully saturated rings. The lowest BCUT2D eigenvalue weighted by Gasteiger charge is -2.48. The highest BCUT2D eigenvalue weighted by atomic mass is 35.5. The lowest BCUT2D eigenvalue weighted by Crippen LogP contribution is -2.64. The Morgan fingerprint density at radius 2 is 1.90 bits per heavy atom. The van der Waals surface area contributed by atoms with Gasteiger partial charge < -0.3 is 15.1 Å². The molecule has 3 heterocycles. The number of fused-ring (bicyclic) bond motifs is 3. The maximum Gasteiger partial charge on any atom is 0.258 e. The Kier molecular flexibility index (Phi) is 6.72. The number of benzene rings is 1. The first-order valence-electron chi connectivity index (χ1n) is 10.6. The normalized spacial score (nSPS) is 23.9. The molecule has 0 saturated carbocycles. The number of piperidine rings is 1. The molecule has 1 aromatic carbocycles. The van der Waals surface area contributed by atoms with Gasteiger partial charge in [0.05, 0.1) is 11.3 Å². The summed E-state index contributed by atoms with van der Waals surface area (Å²) in [5.41, 5.74) is 0.388. The van der Waals surface area contributed by atoms with Crippen molar-refractivity contribution in [2.24, 2.45) is 5.92 Å². The zero-order valence-corrected chi connectivity index (χ0v) is 18.5. The van der Waals surface area contributed by atoms with Crippen LogP contribution >= 0.6 is 12.4 Å². The summed E-state index contributed by atoms with van der Waals surface area (Å²) in [5.74, 6) is 0.474. The van der Waals surface area contributed by atoms with Crippen molar-refractivity contribution in [3.63, 3.8) is 0 Å². The Morgan fingerprint density at radius 3 is 2.60 bits per heavy atom. The average molecular weight is 435 g/mol. The maximum atomic E-state index is 13.3. The molecule has 2 saturated heterocycles. The van der Waals surface area contributed by atoms with E-state index in [2.05, 4.69) is 5.32 Å². The summed E-state index contributed by atoms with van der Waals surface area (Å²) in [5, 5.41) is 3.19. The van der Waals surface area contributed by atoms with Gasteiger partial charge in [0, 0.05) is 19.5 Å². The Hall–Kier alpha value is -2.12. The summed E-state index contributed by atoms with van der Waals surface area (Å²) in [6.45, 7) is 4.41. The van der Waals surface area contributed by atoms with Gasteiger partial charge in [0.25, 0.3) is 5.91 Å². The van der Waals surface area contributed by atoms with Crippen LogP contribution in [0.25, 0.3) is 0 Å². The van der Waals surface area contributed by atoms with Crippen LogP contribution in [0.4, 0.5) is 5.69 Å². The van der Waals surface area contributed by atoms with Gasteiger partial charge in [-0.2, -0.15) is 0 Å². The average Bonchev–Trinajstić information content (AvgIpc) is 3.05. The molecule has 1 atom stereocenters. The second-order valence-electron chi connectivity index (χ2n) is 8.57. The minimum atomic E-state index is -0.775. The molecule has 0 bridgehead atoms. The van der Waals surface area contributed by atoms with Crippen molar-refractivity contribution < 1.29 is 14.4 Å². The van der Waals surface area contributed by atoms with Crippen LogP contribution in [-0.2, 0) is 9.59 Å². The largest absolute Gasteiger partial charge is 0.341 e. The summed E-state index contributed by atoms with van der Waals surface area (Å²) in [7, 11) is 1.96. The quantitative estimate of drug-likeness (QED) is 0.771. The van der Waals surface area contributed by atoms with E-state index in [1.807, 2.05) is 31.0 Å². The van der Waals surface area contributed by atoms with E-state index < -0.39 is 5.66 Å². The summed E-state index contributed by atoms with van der Waals surface area (Å²) in [6.07, 6.45) is 4.08. The number of halogens is 1. The van der Waals surface area contributed by atoms with Crippen molar-refractivity contribution in [2.75, 3.05) is 38.1 Å². The number of nitrogens with one attached hydrogen (secondary N) is 1. The first-order chi connectivity index (χ1) is 14.0. The van der Waals surface area contributed by atoms with Crippen molar-refractivity contribution in [3.8, 4) is 0 Å². The van der Waals surface area contributed by atoms with Gasteiger partial charge in [-0.3, -0.25) is 19.3 Å². The number of para-hydroxylation sites is 1. The molecule has 1 aromatic rings. The lowest BCUT2D eigenvalue weighted by molar-refractivity contribution is -0.134. The summed E-state index contributed by atoms with van der Waals surface area (Å²) < 4.78 is 0. The highest BCUT2D eigenvalue weighted by Crippen LogP contribution is 2.43. The van der Waals surface area contributed by atoms with Gasteiger partial charge in [-0.25, -0.2) is 0 Å². The molecular weight excluding hydrogens is 404 g/mol. The highest BCUT2D eigenvalue weighted by molar-refractivity contribution is 6.11. The standard InChI is InChI=1S/C22H30N4O3.ClH/c1-22-11-7-19(27)26(22)18-6-4-3-5-17(18)21(29)25(22)15-20(28)24-13-9-16(10-14-24)8-12-23-2;/h3-6,16,23H,7-15H2,1-2H3;1H. The summed E-state index contributed by atoms with van der Waals surface area (Å²) in [4.78, 5) is 44.2. The number of rotatable bonds is 5. The third-order valence-electron chi connectivity index (χ3n) is 6.81. The Morgan fingerprint density at radius 1 is 1.20 bits per heavy atom. The molecular formula is C22H31ClN4O3. The predicted octanol–water partition coefficient (Wildman–Crippen LogP) is 2.26. The zero-order chi connectivity index (χ0) is 20.6. The molecule has 7 nitrogen and oxygen atoms in total. The minimum absolute atomic E-state index is 0. The van der Waals surface area contributed by atoms with Crippen molar-refractivity contribution in [3.05, 3.63) is 29.8 Å². The zero-order valence-electron chi connectivity index (χ0n) is 17.7. The predicted molar refractivity (Wildman–Crippen MR) is 118 cm³/mol. The van der Waals surface area contributed by atoms with E-state index in [9.17, 15) is 14.4 Å². The molecule has 3 aliphatic heterocycles. The number of anilines is 1. The van der Waals surface area contributed by atoms with Gasteiger partial charge in [0.15, 0.2) is 0 Å². The van der Waals surface area contributed by atoms with E-state index in [1.54, 1.807) is 21.9 Å². The smallest absolute Gasteiger partial charge is 0.258 e. The molecule has 1 unspecified atom stereocenters. The maximum absolute atomic E-state index is 13.3. The van der Waals surface area contributed by atoms with E-state index in [0.717, 1.165) is 38.9 Å². The van der Waals surface area contributed by atoms with E-state index in [4.69, 9.17) is 0 Å². The monoisotopic (exact) mass is 434 g/mol. The Bertz CT molecular complexity index is 824. The third kappa shape index (κ3) is 3.81. The molecule has 30 heavy (non-hydrogen) atoms. The molecule has 0 aromatic heterocycles. The van der Waals surface area contributed by atoms with Crippen molar-refractivity contribution in [1.82, 2.24) is 15.1 Å². The molecule has 8 heteroatoms. The molecule has 4 rings (SSSR count). The third-order valence-corrected chi connectivity index (χ3v) is 6.81. The molecule has 164 valence electrons. The second-order valence-corrected chi connectivity index (χ2v) is 8.57. The fraction of sp³-hybridized carbons (Fsp3) is 0.591. The molecule has 3 amide bonds. The van der Waals surface area contributed by atoms with Crippen LogP contribution in [0.2, 0.25) is 0 Å². The van der Waals surface area contributed by atoms with Crippen LogP contribution in [0.15, 0.2) is 24.3 Å². The lowest BCUT2D eigenvalue weighted by atomic mass is 9.93. The molecule has 0 spiro atoms. The van der Waals surface area contributed by atoms with E-state index in [-0.39, 0.29) is 36.7 Å². The topological polar surface area (TPSA) is 73.0 Å². The van der Waals surface area contributed by atoms with Crippen LogP contribution in [0.3, 0.4) is 0 Å². The van der Waals surface area contributed by atoms with Crippen molar-refractivity contribution in [2.45, 2.75) is 44.7 Å². The SMILES string of the molecule is CNCCC1CCN(C(=O)CN2C(=O)c3ccccc3N3C(=O)CCC23C)CC1.Cl. The van der Waals surface area contributed by atoms with Gasteiger partial charge in [-0.15, -0.1) is 12.4 Å².